The molecule has 6 nitrogen and oxygen atoms in total. The van der Waals surface area contributed by atoms with E-state index in [-0.39, 0.29) is 5.91 Å². The van der Waals surface area contributed by atoms with Crippen LogP contribution in [0.5, 0.6) is 0 Å². The Morgan fingerprint density at radius 1 is 1.23 bits per heavy atom. The van der Waals surface area contributed by atoms with Gasteiger partial charge in [0.15, 0.2) is 0 Å². The molecular weight excluding hydrogens is 374 g/mol. The summed E-state index contributed by atoms with van der Waals surface area (Å²) in [6.45, 7) is 3.53. The molecular formula is C18H20ClN3O3S. The van der Waals surface area contributed by atoms with Gasteiger partial charge in [-0.2, -0.15) is 0 Å². The molecule has 0 aliphatic carbocycles. The van der Waals surface area contributed by atoms with E-state index in [1.54, 1.807) is 11.4 Å². The molecule has 2 aromatic rings. The van der Waals surface area contributed by atoms with Crippen LogP contribution in [-0.2, 0) is 9.53 Å². The highest BCUT2D eigenvalue weighted by molar-refractivity contribution is 7.14. The normalized spacial score (nSPS) is 14.9. The molecule has 0 saturated carbocycles. The topological polar surface area (TPSA) is 61.9 Å². The Bertz CT molecular complexity index is 787. The minimum Gasteiger partial charge on any atom is -0.465 e. The van der Waals surface area contributed by atoms with Gasteiger partial charge in [-0.15, -0.1) is 11.3 Å². The molecule has 1 saturated heterocycles. The van der Waals surface area contributed by atoms with Crippen LogP contribution in [0.15, 0.2) is 35.7 Å². The molecule has 0 atom stereocenters. The fourth-order valence-corrected chi connectivity index (χ4v) is 3.86. The highest BCUT2D eigenvalue weighted by Gasteiger charge is 2.21. The number of thiophene rings is 1. The molecule has 1 aliphatic rings. The molecule has 1 N–H and O–H groups in total. The second-order valence-electron chi connectivity index (χ2n) is 5.95. The van der Waals surface area contributed by atoms with E-state index in [4.69, 9.17) is 16.3 Å². The second kappa shape index (κ2) is 8.53. The summed E-state index contributed by atoms with van der Waals surface area (Å²) >= 11 is 7.36. The summed E-state index contributed by atoms with van der Waals surface area (Å²) in [5.41, 5.74) is 1.49. The van der Waals surface area contributed by atoms with E-state index in [1.807, 2.05) is 24.3 Å². The number of esters is 1. The smallest absolute Gasteiger partial charge is 0.340 e. The summed E-state index contributed by atoms with van der Waals surface area (Å²) in [5.74, 6) is -0.578. The number of anilines is 2. The van der Waals surface area contributed by atoms with Gasteiger partial charge in [0.2, 0.25) is 5.91 Å². The summed E-state index contributed by atoms with van der Waals surface area (Å²) in [4.78, 5) is 28.3. The van der Waals surface area contributed by atoms with Gasteiger partial charge in [-0.1, -0.05) is 17.7 Å². The number of nitrogens with one attached hydrogen (secondary N) is 1. The maximum absolute atomic E-state index is 12.3. The third kappa shape index (κ3) is 4.55. The summed E-state index contributed by atoms with van der Waals surface area (Å²) < 4.78 is 4.72. The maximum atomic E-state index is 12.3. The third-order valence-corrected chi connectivity index (χ3v) is 5.30. The van der Waals surface area contributed by atoms with Crippen LogP contribution in [0.2, 0.25) is 5.02 Å². The van der Waals surface area contributed by atoms with Gasteiger partial charge in [0.05, 0.1) is 19.2 Å². The molecule has 8 heteroatoms. The van der Waals surface area contributed by atoms with E-state index < -0.39 is 5.97 Å². The van der Waals surface area contributed by atoms with Crippen molar-refractivity contribution in [1.29, 1.82) is 0 Å². The van der Waals surface area contributed by atoms with Crippen LogP contribution >= 0.6 is 22.9 Å². The zero-order valence-electron chi connectivity index (χ0n) is 14.4. The first-order valence-electron chi connectivity index (χ1n) is 8.25. The number of carbonyl (C=O) groups is 2. The first kappa shape index (κ1) is 18.7. The van der Waals surface area contributed by atoms with Crippen LogP contribution in [-0.4, -0.2) is 56.6 Å². The SMILES string of the molecule is COC(=O)c1ccsc1NC(=O)CN1CCN(c2cccc(Cl)c2)CC1. The lowest BCUT2D eigenvalue weighted by Gasteiger charge is -2.35. The summed E-state index contributed by atoms with van der Waals surface area (Å²) in [5, 5.41) is 5.82. The average molecular weight is 394 g/mol. The quantitative estimate of drug-likeness (QED) is 0.791. The molecule has 2 heterocycles. The van der Waals surface area contributed by atoms with Crippen molar-refractivity contribution in [2.75, 3.05) is 50.1 Å². The predicted octanol–water partition coefficient (Wildman–Crippen LogP) is 2.95. The monoisotopic (exact) mass is 393 g/mol. The van der Waals surface area contributed by atoms with Crippen LogP contribution in [0.3, 0.4) is 0 Å². The molecule has 0 spiro atoms. The standard InChI is InChI=1S/C18H20ClN3O3S/c1-25-18(24)15-5-10-26-17(15)20-16(23)12-21-6-8-22(9-7-21)14-4-2-3-13(19)11-14/h2-5,10-11H,6-9,12H2,1H3,(H,20,23). The molecule has 0 bridgehead atoms. The van der Waals surface area contributed by atoms with Crippen molar-refractivity contribution in [3.8, 4) is 0 Å². The van der Waals surface area contributed by atoms with Gasteiger partial charge in [-0.3, -0.25) is 9.69 Å². The largest absolute Gasteiger partial charge is 0.465 e. The van der Waals surface area contributed by atoms with E-state index in [0.29, 0.717) is 17.1 Å². The lowest BCUT2D eigenvalue weighted by Crippen LogP contribution is -2.48. The molecule has 3 rings (SSSR count). The number of ether oxygens (including phenoxy) is 1. The number of amides is 1. The summed E-state index contributed by atoms with van der Waals surface area (Å²) in [7, 11) is 1.32. The molecule has 0 radical (unpaired) electrons. The molecule has 1 aliphatic heterocycles. The van der Waals surface area contributed by atoms with E-state index in [9.17, 15) is 9.59 Å². The van der Waals surface area contributed by atoms with Crippen molar-refractivity contribution in [3.05, 3.63) is 46.3 Å². The molecule has 1 fully saturated rings. The maximum Gasteiger partial charge on any atom is 0.340 e. The molecule has 1 amide bonds. The number of piperazine rings is 1. The molecule has 1 aromatic carbocycles. The fraction of sp³-hybridized carbons (Fsp3) is 0.333. The zero-order chi connectivity index (χ0) is 18.5. The minimum absolute atomic E-state index is 0.131. The van der Waals surface area contributed by atoms with Crippen molar-refractivity contribution in [2.24, 2.45) is 0 Å². The Hall–Kier alpha value is -2.09. The Morgan fingerprint density at radius 2 is 2.00 bits per heavy atom. The van der Waals surface area contributed by atoms with Gasteiger partial charge in [-0.05, 0) is 29.6 Å². The van der Waals surface area contributed by atoms with Crippen molar-refractivity contribution >= 4 is 45.5 Å². The summed E-state index contributed by atoms with van der Waals surface area (Å²) in [6, 6.07) is 9.44. The lowest BCUT2D eigenvalue weighted by atomic mass is 10.2. The third-order valence-electron chi connectivity index (χ3n) is 4.24. The Morgan fingerprint density at radius 3 is 2.69 bits per heavy atom. The number of methoxy groups -OCH3 is 1. The van der Waals surface area contributed by atoms with Crippen molar-refractivity contribution < 1.29 is 14.3 Å². The van der Waals surface area contributed by atoms with Crippen LogP contribution in [0, 0.1) is 0 Å². The first-order valence-corrected chi connectivity index (χ1v) is 9.51. The van der Waals surface area contributed by atoms with Crippen LogP contribution in [0.1, 0.15) is 10.4 Å². The van der Waals surface area contributed by atoms with Crippen molar-refractivity contribution in [3.63, 3.8) is 0 Å². The summed E-state index contributed by atoms with van der Waals surface area (Å²) in [6.07, 6.45) is 0. The van der Waals surface area contributed by atoms with Crippen molar-refractivity contribution in [1.82, 2.24) is 4.90 Å². The number of nitrogens with zero attached hydrogens (tertiary/aromatic N) is 2. The Labute approximate surface area is 161 Å². The van der Waals surface area contributed by atoms with Gasteiger partial charge in [0.1, 0.15) is 5.00 Å². The van der Waals surface area contributed by atoms with Crippen LogP contribution in [0.25, 0.3) is 0 Å². The highest BCUT2D eigenvalue weighted by atomic mass is 35.5. The number of rotatable bonds is 5. The van der Waals surface area contributed by atoms with E-state index in [0.717, 1.165) is 36.9 Å². The van der Waals surface area contributed by atoms with Crippen LogP contribution < -0.4 is 10.2 Å². The highest BCUT2D eigenvalue weighted by Crippen LogP contribution is 2.24. The molecule has 26 heavy (non-hydrogen) atoms. The minimum atomic E-state index is -0.448. The van der Waals surface area contributed by atoms with Gasteiger partial charge >= 0.3 is 5.97 Å². The van der Waals surface area contributed by atoms with Gasteiger partial charge in [0.25, 0.3) is 0 Å². The van der Waals surface area contributed by atoms with Gasteiger partial charge in [0, 0.05) is 36.9 Å². The number of halogens is 1. The van der Waals surface area contributed by atoms with Gasteiger partial charge in [-0.25, -0.2) is 4.79 Å². The Balaban J connectivity index is 1.51. The predicted molar refractivity (Wildman–Crippen MR) is 104 cm³/mol. The molecule has 138 valence electrons. The number of benzene rings is 1. The second-order valence-corrected chi connectivity index (χ2v) is 7.30. The van der Waals surface area contributed by atoms with E-state index in [1.165, 1.54) is 18.4 Å². The number of carbonyl (C=O) groups excluding carboxylic acids is 2. The molecule has 0 unspecified atom stereocenters. The van der Waals surface area contributed by atoms with E-state index in [2.05, 4.69) is 15.1 Å². The van der Waals surface area contributed by atoms with Crippen molar-refractivity contribution in [2.45, 2.75) is 0 Å². The van der Waals surface area contributed by atoms with E-state index >= 15 is 0 Å². The first-order chi connectivity index (χ1) is 12.6. The lowest BCUT2D eigenvalue weighted by molar-refractivity contribution is -0.117. The average Bonchev–Trinajstić information content (AvgIpc) is 3.09. The number of hydrogen-bond acceptors (Lipinski definition) is 6. The Kier molecular flexibility index (Phi) is 6.13. The molecule has 1 aromatic heterocycles. The van der Waals surface area contributed by atoms with Gasteiger partial charge < -0.3 is 15.0 Å². The zero-order valence-corrected chi connectivity index (χ0v) is 16.0. The van der Waals surface area contributed by atoms with Crippen LogP contribution in [0.4, 0.5) is 10.7 Å². The number of hydrogen-bond donors (Lipinski definition) is 1. The fourth-order valence-electron chi connectivity index (χ4n) is 2.88.